The maximum atomic E-state index is 12.3. The third-order valence-corrected chi connectivity index (χ3v) is 4.15. The van der Waals surface area contributed by atoms with E-state index < -0.39 is 5.60 Å². The van der Waals surface area contributed by atoms with Crippen molar-refractivity contribution in [3.8, 4) is 5.75 Å². The Hall–Kier alpha value is -1.91. The van der Waals surface area contributed by atoms with Gasteiger partial charge in [-0.25, -0.2) is 4.79 Å². The van der Waals surface area contributed by atoms with Crippen molar-refractivity contribution in [2.75, 3.05) is 25.0 Å². The first-order valence-electron chi connectivity index (χ1n) is 8.35. The highest BCUT2D eigenvalue weighted by Gasteiger charge is 2.25. The van der Waals surface area contributed by atoms with Gasteiger partial charge < -0.3 is 19.7 Å². The molecule has 1 aromatic carbocycles. The first kappa shape index (κ1) is 16.0. The number of ether oxygens (including phenoxy) is 2. The SMILES string of the molecule is C[C@H]1COc2cc3c(cc2N1)CCN(C(=O)OC(C)(C)C)CC3. The Balaban J connectivity index is 1.74. The highest BCUT2D eigenvalue weighted by atomic mass is 16.6. The number of carbonyl (C=O) groups excluding carboxylic acids is 1. The van der Waals surface area contributed by atoms with E-state index in [-0.39, 0.29) is 6.09 Å². The Bertz CT molecular complexity index is 607. The molecule has 2 aliphatic rings. The van der Waals surface area contributed by atoms with Crippen LogP contribution in [0.5, 0.6) is 5.75 Å². The lowest BCUT2D eigenvalue weighted by Crippen LogP contribution is -2.38. The van der Waals surface area contributed by atoms with Gasteiger partial charge in [0.2, 0.25) is 0 Å². The van der Waals surface area contributed by atoms with Crippen LogP contribution in [0.25, 0.3) is 0 Å². The van der Waals surface area contributed by atoms with Crippen LogP contribution in [0.1, 0.15) is 38.8 Å². The predicted octanol–water partition coefficient (Wildman–Crippen LogP) is 3.22. The van der Waals surface area contributed by atoms with Crippen LogP contribution in [-0.4, -0.2) is 42.3 Å². The third kappa shape index (κ3) is 3.71. The molecule has 0 aromatic heterocycles. The molecule has 1 atom stereocenters. The Kier molecular flexibility index (Phi) is 4.13. The largest absolute Gasteiger partial charge is 0.489 e. The van der Waals surface area contributed by atoms with Crippen LogP contribution in [0.2, 0.25) is 0 Å². The Morgan fingerprint density at radius 1 is 1.26 bits per heavy atom. The van der Waals surface area contributed by atoms with Gasteiger partial charge in [0.15, 0.2) is 0 Å². The van der Waals surface area contributed by atoms with Crippen molar-refractivity contribution in [1.29, 1.82) is 0 Å². The summed E-state index contributed by atoms with van der Waals surface area (Å²) in [4.78, 5) is 14.1. The van der Waals surface area contributed by atoms with Crippen molar-refractivity contribution in [1.82, 2.24) is 4.90 Å². The van der Waals surface area contributed by atoms with Gasteiger partial charge >= 0.3 is 6.09 Å². The van der Waals surface area contributed by atoms with Gasteiger partial charge in [0.05, 0.1) is 11.7 Å². The molecule has 1 N–H and O–H groups in total. The van der Waals surface area contributed by atoms with E-state index in [1.807, 2.05) is 20.8 Å². The molecule has 0 bridgehead atoms. The molecule has 0 fully saturated rings. The van der Waals surface area contributed by atoms with Crippen LogP contribution < -0.4 is 10.1 Å². The summed E-state index contributed by atoms with van der Waals surface area (Å²) in [6, 6.07) is 4.63. The minimum absolute atomic E-state index is 0.224. The molecule has 1 amide bonds. The molecule has 0 saturated heterocycles. The fourth-order valence-corrected chi connectivity index (χ4v) is 3.02. The van der Waals surface area contributed by atoms with Crippen molar-refractivity contribution in [3.05, 3.63) is 23.3 Å². The van der Waals surface area contributed by atoms with Crippen LogP contribution >= 0.6 is 0 Å². The zero-order valence-corrected chi connectivity index (χ0v) is 14.4. The van der Waals surface area contributed by atoms with Gasteiger partial charge in [0, 0.05) is 13.1 Å². The molecule has 1 aromatic rings. The van der Waals surface area contributed by atoms with Gasteiger partial charge in [-0.1, -0.05) is 0 Å². The molecule has 2 aliphatic heterocycles. The number of amides is 1. The molecular weight excluding hydrogens is 292 g/mol. The normalized spacial score (nSPS) is 20.5. The summed E-state index contributed by atoms with van der Waals surface area (Å²) in [5.41, 5.74) is 3.17. The lowest BCUT2D eigenvalue weighted by molar-refractivity contribution is 0.0258. The Morgan fingerprint density at radius 2 is 1.91 bits per heavy atom. The molecule has 126 valence electrons. The van der Waals surface area contributed by atoms with E-state index in [4.69, 9.17) is 9.47 Å². The van der Waals surface area contributed by atoms with Gasteiger partial charge in [0.1, 0.15) is 18.0 Å². The number of hydrogen-bond acceptors (Lipinski definition) is 4. The number of carbonyl (C=O) groups is 1. The van der Waals surface area contributed by atoms with Gasteiger partial charge in [-0.2, -0.15) is 0 Å². The second-order valence-electron chi connectivity index (χ2n) is 7.44. The van der Waals surface area contributed by atoms with Gasteiger partial charge in [-0.05, 0) is 63.8 Å². The third-order valence-electron chi connectivity index (χ3n) is 4.15. The van der Waals surface area contributed by atoms with E-state index in [9.17, 15) is 4.79 Å². The lowest BCUT2D eigenvalue weighted by Gasteiger charge is -2.26. The van der Waals surface area contributed by atoms with Crippen molar-refractivity contribution in [2.45, 2.75) is 52.2 Å². The fourth-order valence-electron chi connectivity index (χ4n) is 3.02. The average molecular weight is 318 g/mol. The monoisotopic (exact) mass is 318 g/mol. The van der Waals surface area contributed by atoms with E-state index in [1.165, 1.54) is 11.1 Å². The minimum Gasteiger partial charge on any atom is -0.489 e. The first-order valence-corrected chi connectivity index (χ1v) is 8.35. The number of rotatable bonds is 0. The number of benzene rings is 1. The van der Waals surface area contributed by atoms with Crippen LogP contribution in [0.3, 0.4) is 0 Å². The van der Waals surface area contributed by atoms with Crippen molar-refractivity contribution < 1.29 is 14.3 Å². The van der Waals surface area contributed by atoms with E-state index in [0.717, 1.165) is 24.3 Å². The maximum absolute atomic E-state index is 12.3. The van der Waals surface area contributed by atoms with Gasteiger partial charge in [-0.15, -0.1) is 0 Å². The van der Waals surface area contributed by atoms with Crippen LogP contribution in [0.4, 0.5) is 10.5 Å². The number of anilines is 1. The summed E-state index contributed by atoms with van der Waals surface area (Å²) in [6.07, 6.45) is 1.46. The first-order chi connectivity index (χ1) is 10.8. The van der Waals surface area contributed by atoms with Crippen LogP contribution in [-0.2, 0) is 17.6 Å². The summed E-state index contributed by atoms with van der Waals surface area (Å²) < 4.78 is 11.3. The summed E-state index contributed by atoms with van der Waals surface area (Å²) >= 11 is 0. The average Bonchev–Trinajstić information content (AvgIpc) is 2.65. The quantitative estimate of drug-likeness (QED) is 0.798. The molecule has 0 spiro atoms. The van der Waals surface area contributed by atoms with E-state index in [2.05, 4.69) is 24.4 Å². The molecule has 0 aliphatic carbocycles. The highest BCUT2D eigenvalue weighted by Crippen LogP contribution is 2.33. The van der Waals surface area contributed by atoms with Crippen molar-refractivity contribution >= 4 is 11.8 Å². The maximum Gasteiger partial charge on any atom is 0.410 e. The molecule has 0 saturated carbocycles. The summed E-state index contributed by atoms with van der Waals surface area (Å²) in [5, 5.41) is 3.47. The van der Waals surface area contributed by atoms with E-state index >= 15 is 0 Å². The van der Waals surface area contributed by atoms with Gasteiger partial charge in [0.25, 0.3) is 0 Å². The van der Waals surface area contributed by atoms with Crippen molar-refractivity contribution in [3.63, 3.8) is 0 Å². The summed E-state index contributed by atoms with van der Waals surface area (Å²) in [6.45, 7) is 9.87. The second kappa shape index (κ2) is 5.95. The lowest BCUT2D eigenvalue weighted by atomic mass is 10.0. The minimum atomic E-state index is -0.455. The topological polar surface area (TPSA) is 50.8 Å². The van der Waals surface area contributed by atoms with Crippen molar-refractivity contribution in [2.24, 2.45) is 0 Å². The second-order valence-corrected chi connectivity index (χ2v) is 7.44. The number of nitrogens with zero attached hydrogens (tertiary/aromatic N) is 1. The number of fused-ring (bicyclic) bond motifs is 2. The Labute approximate surface area is 137 Å². The molecule has 0 radical (unpaired) electrons. The molecule has 0 unspecified atom stereocenters. The fraction of sp³-hybridized carbons (Fsp3) is 0.611. The smallest absolute Gasteiger partial charge is 0.410 e. The molecule has 5 heteroatoms. The van der Waals surface area contributed by atoms with Crippen LogP contribution in [0.15, 0.2) is 12.1 Å². The molecule has 5 nitrogen and oxygen atoms in total. The molecule has 3 rings (SSSR count). The van der Waals surface area contributed by atoms with Gasteiger partial charge in [-0.3, -0.25) is 0 Å². The zero-order valence-electron chi connectivity index (χ0n) is 14.4. The number of nitrogens with one attached hydrogen (secondary N) is 1. The molecule has 23 heavy (non-hydrogen) atoms. The van der Waals surface area contributed by atoms with E-state index in [0.29, 0.717) is 25.7 Å². The molecular formula is C18H26N2O3. The Morgan fingerprint density at radius 3 is 2.57 bits per heavy atom. The van der Waals surface area contributed by atoms with Crippen LogP contribution in [0, 0.1) is 0 Å². The standard InChI is InChI=1S/C18H26N2O3/c1-12-11-22-16-10-14-6-8-20(17(21)23-18(2,3)4)7-5-13(14)9-15(16)19-12/h9-10,12,19H,5-8,11H2,1-4H3/t12-/m0/s1. The zero-order chi connectivity index (χ0) is 16.6. The predicted molar refractivity (Wildman–Crippen MR) is 90.2 cm³/mol. The highest BCUT2D eigenvalue weighted by molar-refractivity contribution is 5.69. The number of hydrogen-bond donors (Lipinski definition) is 1. The molecule has 2 heterocycles. The summed E-state index contributed by atoms with van der Waals surface area (Å²) in [7, 11) is 0. The van der Waals surface area contributed by atoms with E-state index in [1.54, 1.807) is 4.90 Å². The summed E-state index contributed by atoms with van der Waals surface area (Å²) in [5.74, 6) is 0.924.